The number of hydrogen-bond acceptors (Lipinski definition) is 8. The molecule has 2 heterocycles. The molecule has 0 spiro atoms. The number of esters is 2. The fourth-order valence-electron chi connectivity index (χ4n) is 3.40. The van der Waals surface area contributed by atoms with Crippen LogP contribution in [0.2, 0.25) is 0 Å². The Balaban J connectivity index is 1.43. The van der Waals surface area contributed by atoms with Crippen molar-refractivity contribution in [3.05, 3.63) is 105 Å². The third-order valence-electron chi connectivity index (χ3n) is 5.11. The van der Waals surface area contributed by atoms with Crippen LogP contribution in [0.15, 0.2) is 83.7 Å². The third kappa shape index (κ3) is 6.56. The highest BCUT2D eigenvalue weighted by molar-refractivity contribution is 7.18. The average Bonchev–Trinajstić information content (AvgIpc) is 3.33. The molecule has 2 aromatic carbocycles. The molecule has 0 atom stereocenters. The van der Waals surface area contributed by atoms with E-state index in [2.05, 4.69) is 10.4 Å². The zero-order chi connectivity index (χ0) is 26.2. The molecule has 1 amide bonds. The monoisotopic (exact) mass is 517 g/mol. The minimum absolute atomic E-state index is 0.113. The van der Waals surface area contributed by atoms with E-state index in [4.69, 9.17) is 9.47 Å². The first-order valence-corrected chi connectivity index (χ1v) is 12.2. The summed E-state index contributed by atoms with van der Waals surface area (Å²) in [6.07, 6.45) is 0. The molecule has 0 saturated heterocycles. The number of amides is 1. The van der Waals surface area contributed by atoms with Gasteiger partial charge in [-0.15, -0.1) is 11.3 Å². The fourth-order valence-corrected chi connectivity index (χ4v) is 4.41. The van der Waals surface area contributed by atoms with Gasteiger partial charge in [0, 0.05) is 10.9 Å². The average molecular weight is 518 g/mol. The maximum atomic E-state index is 12.6. The van der Waals surface area contributed by atoms with Gasteiger partial charge in [0.2, 0.25) is 0 Å². The summed E-state index contributed by atoms with van der Waals surface area (Å²) in [7, 11) is 0. The Hall–Kier alpha value is -4.57. The van der Waals surface area contributed by atoms with Crippen molar-refractivity contribution in [1.82, 2.24) is 9.78 Å². The van der Waals surface area contributed by atoms with Crippen molar-refractivity contribution in [2.45, 2.75) is 13.5 Å². The molecule has 9 nitrogen and oxygen atoms in total. The van der Waals surface area contributed by atoms with Crippen LogP contribution < -0.4 is 10.9 Å². The molecule has 4 aromatic rings. The van der Waals surface area contributed by atoms with Gasteiger partial charge in [-0.2, -0.15) is 5.10 Å². The second-order valence-corrected chi connectivity index (χ2v) is 8.82. The molecule has 2 aromatic heterocycles. The lowest BCUT2D eigenvalue weighted by molar-refractivity contribution is -0.119. The molecule has 1 N–H and O–H groups in total. The lowest BCUT2D eigenvalue weighted by atomic mass is 10.2. The zero-order valence-corrected chi connectivity index (χ0v) is 20.7. The van der Waals surface area contributed by atoms with Crippen molar-refractivity contribution in [2.75, 3.05) is 18.5 Å². The number of carbonyl (C=O) groups is 3. The Labute approximate surface area is 216 Å². The van der Waals surface area contributed by atoms with Gasteiger partial charge >= 0.3 is 11.9 Å². The maximum Gasteiger partial charge on any atom is 0.359 e. The number of hydrogen-bond donors (Lipinski definition) is 1. The number of rotatable bonds is 9. The van der Waals surface area contributed by atoms with Crippen LogP contribution >= 0.6 is 11.3 Å². The molecular weight excluding hydrogens is 494 g/mol. The van der Waals surface area contributed by atoms with Crippen LogP contribution in [0.4, 0.5) is 5.69 Å². The molecule has 37 heavy (non-hydrogen) atoms. The summed E-state index contributed by atoms with van der Waals surface area (Å²) in [5, 5.41) is 6.68. The Kier molecular flexibility index (Phi) is 8.22. The van der Waals surface area contributed by atoms with Crippen molar-refractivity contribution in [2.24, 2.45) is 0 Å². The fraction of sp³-hybridized carbons (Fsp3) is 0.148. The summed E-state index contributed by atoms with van der Waals surface area (Å²) >= 11 is 1.19. The van der Waals surface area contributed by atoms with Crippen LogP contribution in [0.25, 0.3) is 10.4 Å². The molecule has 4 rings (SSSR count). The molecule has 0 aliphatic rings. The van der Waals surface area contributed by atoms with E-state index in [0.29, 0.717) is 0 Å². The van der Waals surface area contributed by atoms with Gasteiger partial charge in [0.25, 0.3) is 11.5 Å². The van der Waals surface area contributed by atoms with Gasteiger partial charge in [-0.3, -0.25) is 9.59 Å². The highest BCUT2D eigenvalue weighted by Gasteiger charge is 2.21. The van der Waals surface area contributed by atoms with Gasteiger partial charge in [-0.1, -0.05) is 60.7 Å². The number of anilines is 1. The first-order chi connectivity index (χ1) is 17.9. The van der Waals surface area contributed by atoms with E-state index in [1.807, 2.05) is 60.7 Å². The number of benzene rings is 2. The predicted octanol–water partition coefficient (Wildman–Crippen LogP) is 3.99. The Morgan fingerprint density at radius 2 is 1.62 bits per heavy atom. The molecule has 10 heteroatoms. The Bertz CT molecular complexity index is 1460. The van der Waals surface area contributed by atoms with Crippen LogP contribution in [0.1, 0.15) is 32.6 Å². The second-order valence-electron chi connectivity index (χ2n) is 7.76. The first-order valence-electron chi connectivity index (χ1n) is 11.4. The normalized spacial score (nSPS) is 10.5. The molecular formula is C27H23N3O6S. The Morgan fingerprint density at radius 1 is 0.919 bits per heavy atom. The maximum absolute atomic E-state index is 12.6. The van der Waals surface area contributed by atoms with Crippen LogP contribution in [0, 0.1) is 0 Å². The zero-order valence-electron chi connectivity index (χ0n) is 19.9. The number of thiophene rings is 1. The van der Waals surface area contributed by atoms with E-state index in [9.17, 15) is 19.2 Å². The van der Waals surface area contributed by atoms with Gasteiger partial charge < -0.3 is 14.8 Å². The van der Waals surface area contributed by atoms with Gasteiger partial charge in [-0.05, 0) is 30.2 Å². The minimum atomic E-state index is -0.863. The molecule has 0 bridgehead atoms. The summed E-state index contributed by atoms with van der Waals surface area (Å²) in [6, 6.07) is 22.7. The standard InChI is InChI=1S/C27H23N3O6S/c1-2-35-27(34)25-21(15-22(37-25)19-11-7-4-8-12-19)28-23(31)17-36-26(33)20-13-14-24(32)30(29-20)16-18-9-5-3-6-10-18/h3-15H,2,16-17H2,1H3,(H,28,31). The first kappa shape index (κ1) is 25.5. The number of aromatic nitrogens is 2. The van der Waals surface area contributed by atoms with E-state index in [1.54, 1.807) is 13.0 Å². The summed E-state index contributed by atoms with van der Waals surface area (Å²) in [5.41, 5.74) is 1.48. The van der Waals surface area contributed by atoms with E-state index in [0.717, 1.165) is 20.7 Å². The Morgan fingerprint density at radius 3 is 2.32 bits per heavy atom. The minimum Gasteiger partial charge on any atom is -0.462 e. The van der Waals surface area contributed by atoms with Gasteiger partial charge in [-0.25, -0.2) is 14.3 Å². The van der Waals surface area contributed by atoms with Crippen molar-refractivity contribution >= 4 is 34.9 Å². The summed E-state index contributed by atoms with van der Waals surface area (Å²) in [4.78, 5) is 50.7. The van der Waals surface area contributed by atoms with E-state index in [1.165, 1.54) is 23.5 Å². The van der Waals surface area contributed by atoms with Gasteiger partial charge in [0.05, 0.1) is 18.8 Å². The van der Waals surface area contributed by atoms with Crippen molar-refractivity contribution < 1.29 is 23.9 Å². The molecule has 0 aliphatic heterocycles. The number of nitrogens with one attached hydrogen (secondary N) is 1. The van der Waals surface area contributed by atoms with Crippen LogP contribution in [0.3, 0.4) is 0 Å². The molecule has 0 radical (unpaired) electrons. The highest BCUT2D eigenvalue weighted by Crippen LogP contribution is 2.35. The number of nitrogens with zero attached hydrogens (tertiary/aromatic N) is 2. The topological polar surface area (TPSA) is 117 Å². The summed E-state index contributed by atoms with van der Waals surface area (Å²) in [6.45, 7) is 1.44. The van der Waals surface area contributed by atoms with Crippen molar-refractivity contribution in [3.63, 3.8) is 0 Å². The lowest BCUT2D eigenvalue weighted by Gasteiger charge is -2.08. The number of carbonyl (C=O) groups excluding carboxylic acids is 3. The molecule has 0 fully saturated rings. The van der Waals surface area contributed by atoms with Crippen LogP contribution in [-0.2, 0) is 20.8 Å². The summed E-state index contributed by atoms with van der Waals surface area (Å²) in [5.74, 6) is -2.07. The summed E-state index contributed by atoms with van der Waals surface area (Å²) < 4.78 is 11.4. The molecule has 0 saturated carbocycles. The molecule has 0 unspecified atom stereocenters. The third-order valence-corrected chi connectivity index (χ3v) is 6.27. The SMILES string of the molecule is CCOC(=O)c1sc(-c2ccccc2)cc1NC(=O)COC(=O)c1ccc(=O)n(Cc2ccccc2)n1. The van der Waals surface area contributed by atoms with Crippen molar-refractivity contribution in [1.29, 1.82) is 0 Å². The predicted molar refractivity (Wildman–Crippen MR) is 139 cm³/mol. The van der Waals surface area contributed by atoms with Gasteiger partial charge in [0.15, 0.2) is 12.3 Å². The van der Waals surface area contributed by atoms with E-state index < -0.39 is 24.5 Å². The van der Waals surface area contributed by atoms with Crippen LogP contribution in [0.5, 0.6) is 0 Å². The highest BCUT2D eigenvalue weighted by atomic mass is 32.1. The quantitative estimate of drug-likeness (QED) is 0.334. The lowest BCUT2D eigenvalue weighted by Crippen LogP contribution is -2.27. The molecule has 0 aliphatic carbocycles. The van der Waals surface area contributed by atoms with E-state index >= 15 is 0 Å². The largest absolute Gasteiger partial charge is 0.462 e. The smallest absolute Gasteiger partial charge is 0.359 e. The van der Waals surface area contributed by atoms with Crippen LogP contribution in [-0.4, -0.2) is 40.8 Å². The second kappa shape index (κ2) is 11.9. The molecule has 188 valence electrons. The van der Waals surface area contributed by atoms with Crippen molar-refractivity contribution in [3.8, 4) is 10.4 Å². The van der Waals surface area contributed by atoms with E-state index in [-0.39, 0.29) is 35.0 Å². The van der Waals surface area contributed by atoms with Gasteiger partial charge in [0.1, 0.15) is 4.88 Å². The number of ether oxygens (including phenoxy) is 2.